The molecule has 0 aliphatic carbocycles. The van der Waals surface area contributed by atoms with Gasteiger partial charge in [-0.25, -0.2) is 0 Å². The molecule has 5 atom stereocenters. The van der Waals surface area contributed by atoms with Crippen molar-refractivity contribution in [1.29, 1.82) is 0 Å². The van der Waals surface area contributed by atoms with E-state index in [0.29, 0.717) is 9.84 Å². The van der Waals surface area contributed by atoms with Gasteiger partial charge in [-0.15, -0.1) is 0 Å². The van der Waals surface area contributed by atoms with Gasteiger partial charge in [0.1, 0.15) is 6.10 Å². The Kier molecular flexibility index (Phi) is 5.28. The topological polar surface area (TPSA) is 26.3 Å². The number of hydrogen-bond donors (Lipinski definition) is 0. The van der Waals surface area contributed by atoms with E-state index in [0.717, 1.165) is 6.42 Å². The van der Waals surface area contributed by atoms with Gasteiger partial charge in [0.25, 0.3) is 0 Å². The maximum Gasteiger partial charge on any atom is 0.310 e. The molecular weight excluding hydrogens is 315 g/mol. The van der Waals surface area contributed by atoms with Crippen molar-refractivity contribution in [3.05, 3.63) is 12.2 Å². The number of halogens is 1. The highest BCUT2D eigenvalue weighted by Gasteiger charge is 2.46. The zero-order chi connectivity index (χ0) is 12.3. The van der Waals surface area contributed by atoms with Crippen LogP contribution in [0.5, 0.6) is 0 Å². The molecule has 0 unspecified atom stereocenters. The van der Waals surface area contributed by atoms with Gasteiger partial charge in [-0.1, -0.05) is 48.6 Å². The van der Waals surface area contributed by atoms with Crippen LogP contribution in [0.3, 0.4) is 0 Å². The van der Waals surface area contributed by atoms with Crippen LogP contribution in [0.1, 0.15) is 34.1 Å². The van der Waals surface area contributed by atoms with Crippen molar-refractivity contribution in [2.75, 3.05) is 0 Å². The minimum absolute atomic E-state index is 0.00836. The number of hydrogen-bond acceptors (Lipinski definition) is 2. The number of rotatable bonds is 4. The van der Waals surface area contributed by atoms with E-state index < -0.39 is 0 Å². The van der Waals surface area contributed by atoms with Crippen LogP contribution in [0, 0.1) is 17.8 Å². The first kappa shape index (κ1) is 14.0. The Labute approximate surface area is 112 Å². The van der Waals surface area contributed by atoms with E-state index in [1.165, 1.54) is 0 Å². The Morgan fingerprint density at radius 1 is 1.50 bits per heavy atom. The Hall–Kier alpha value is -0.0600. The molecule has 1 aliphatic heterocycles. The zero-order valence-electron chi connectivity index (χ0n) is 10.4. The summed E-state index contributed by atoms with van der Waals surface area (Å²) in [5, 5.41) is 0. The molecule has 1 aliphatic rings. The summed E-state index contributed by atoms with van der Waals surface area (Å²) in [7, 11) is 0. The van der Waals surface area contributed by atoms with Crippen molar-refractivity contribution in [1.82, 2.24) is 0 Å². The summed E-state index contributed by atoms with van der Waals surface area (Å²) in [5.74, 6) is 0.683. The monoisotopic (exact) mass is 336 g/mol. The molecule has 0 amide bonds. The smallest absolute Gasteiger partial charge is 0.310 e. The van der Waals surface area contributed by atoms with Crippen LogP contribution in [0.2, 0.25) is 0 Å². The van der Waals surface area contributed by atoms with E-state index in [-0.39, 0.29) is 23.9 Å². The van der Waals surface area contributed by atoms with E-state index in [1.54, 1.807) is 0 Å². The van der Waals surface area contributed by atoms with Crippen molar-refractivity contribution in [3.63, 3.8) is 0 Å². The number of alkyl halides is 1. The molecule has 2 nitrogen and oxygen atoms in total. The predicted molar refractivity (Wildman–Crippen MR) is 74.6 cm³/mol. The summed E-state index contributed by atoms with van der Waals surface area (Å²) >= 11 is 2.35. The highest BCUT2D eigenvalue weighted by Crippen LogP contribution is 2.39. The molecule has 0 aromatic heterocycles. The lowest BCUT2D eigenvalue weighted by atomic mass is 9.79. The van der Waals surface area contributed by atoms with Crippen molar-refractivity contribution < 1.29 is 9.53 Å². The first-order valence-electron chi connectivity index (χ1n) is 6.00. The van der Waals surface area contributed by atoms with E-state index >= 15 is 0 Å². The van der Waals surface area contributed by atoms with E-state index in [2.05, 4.69) is 49.4 Å². The number of cyclic esters (lactones) is 1. The van der Waals surface area contributed by atoms with Gasteiger partial charge in [-0.3, -0.25) is 4.79 Å². The molecule has 0 radical (unpaired) electrons. The summed E-state index contributed by atoms with van der Waals surface area (Å²) in [4.78, 5) is 11.9. The molecule has 1 heterocycles. The number of esters is 1. The second-order valence-corrected chi connectivity index (χ2v) is 6.53. The van der Waals surface area contributed by atoms with Gasteiger partial charge in [0, 0.05) is 9.84 Å². The van der Waals surface area contributed by atoms with Gasteiger partial charge in [0.05, 0.1) is 5.92 Å². The van der Waals surface area contributed by atoms with Crippen molar-refractivity contribution in [2.45, 2.75) is 44.1 Å². The Bertz CT molecular complexity index is 273. The third kappa shape index (κ3) is 2.79. The maximum absolute atomic E-state index is 11.9. The summed E-state index contributed by atoms with van der Waals surface area (Å²) in [5.41, 5.74) is 0. The van der Waals surface area contributed by atoms with Gasteiger partial charge in [0.2, 0.25) is 0 Å². The fourth-order valence-corrected chi connectivity index (χ4v) is 3.31. The summed E-state index contributed by atoms with van der Waals surface area (Å²) < 4.78 is 5.91. The van der Waals surface area contributed by atoms with Gasteiger partial charge in [-0.2, -0.15) is 0 Å². The molecule has 0 saturated carbocycles. The molecule has 1 saturated heterocycles. The average Bonchev–Trinajstić information content (AvgIpc) is 2.55. The van der Waals surface area contributed by atoms with Crippen LogP contribution in [-0.4, -0.2) is 16.0 Å². The molecule has 0 N–H and O–H groups in total. The lowest BCUT2D eigenvalue weighted by Gasteiger charge is -2.23. The fourth-order valence-electron chi connectivity index (χ4n) is 2.63. The molecule has 3 heteroatoms. The SMILES string of the molecule is C/C=C/[C@H](C)[C@H]1C(=O)O[C@H]([C@@H](C)I)[C@@H]1CC. The average molecular weight is 336 g/mol. The predicted octanol–water partition coefficient (Wildman–Crippen LogP) is 3.59. The molecule has 0 bridgehead atoms. The van der Waals surface area contributed by atoms with Crippen LogP contribution < -0.4 is 0 Å². The highest BCUT2D eigenvalue weighted by atomic mass is 127. The lowest BCUT2D eigenvalue weighted by molar-refractivity contribution is -0.144. The van der Waals surface area contributed by atoms with E-state index in [4.69, 9.17) is 4.74 Å². The number of ether oxygens (including phenoxy) is 1. The number of carbonyl (C=O) groups excluding carboxylic acids is 1. The second kappa shape index (κ2) is 6.03. The first-order chi connectivity index (χ1) is 7.52. The largest absolute Gasteiger partial charge is 0.461 e. The van der Waals surface area contributed by atoms with Crippen molar-refractivity contribution in [3.8, 4) is 0 Å². The highest BCUT2D eigenvalue weighted by molar-refractivity contribution is 14.1. The lowest BCUT2D eigenvalue weighted by Crippen LogP contribution is -2.28. The van der Waals surface area contributed by atoms with Gasteiger partial charge < -0.3 is 4.74 Å². The van der Waals surface area contributed by atoms with E-state index in [1.807, 2.05) is 13.0 Å². The minimum Gasteiger partial charge on any atom is -0.461 e. The minimum atomic E-state index is -0.00836. The van der Waals surface area contributed by atoms with Crippen LogP contribution >= 0.6 is 22.6 Å². The van der Waals surface area contributed by atoms with Crippen LogP contribution in [0.15, 0.2) is 12.2 Å². The molecule has 1 fully saturated rings. The Morgan fingerprint density at radius 3 is 2.56 bits per heavy atom. The van der Waals surface area contributed by atoms with Crippen LogP contribution in [0.25, 0.3) is 0 Å². The molecule has 16 heavy (non-hydrogen) atoms. The number of carbonyl (C=O) groups is 1. The van der Waals surface area contributed by atoms with Crippen molar-refractivity contribution >= 4 is 28.6 Å². The molecule has 0 spiro atoms. The molecule has 92 valence electrons. The molecule has 0 aromatic rings. The summed E-state index contributed by atoms with van der Waals surface area (Å²) in [6.45, 7) is 8.36. The van der Waals surface area contributed by atoms with Gasteiger partial charge in [-0.05, 0) is 26.2 Å². The first-order valence-corrected chi connectivity index (χ1v) is 7.24. The number of allylic oxidation sites excluding steroid dienone is 2. The Morgan fingerprint density at radius 2 is 2.12 bits per heavy atom. The Balaban J connectivity index is 2.87. The standard InChI is InChI=1S/C13H21IO2/c1-5-7-8(3)11-10(6-2)12(9(4)14)16-13(11)15/h5,7-12H,6H2,1-4H3/b7-5+/t8-,9+,10+,11+,12+/m0/s1. The van der Waals surface area contributed by atoms with Gasteiger partial charge >= 0.3 is 5.97 Å². The normalized spacial score (nSPS) is 34.1. The van der Waals surface area contributed by atoms with Gasteiger partial charge in [0.15, 0.2) is 0 Å². The summed E-state index contributed by atoms with van der Waals surface area (Å²) in [6, 6.07) is 0. The van der Waals surface area contributed by atoms with E-state index in [9.17, 15) is 4.79 Å². The van der Waals surface area contributed by atoms with Crippen LogP contribution in [0.4, 0.5) is 0 Å². The third-order valence-electron chi connectivity index (χ3n) is 3.39. The third-order valence-corrected chi connectivity index (χ3v) is 4.10. The molecule has 1 rings (SSSR count). The maximum atomic E-state index is 11.9. The quantitative estimate of drug-likeness (QED) is 0.339. The summed E-state index contributed by atoms with van der Waals surface area (Å²) in [6.07, 6.45) is 5.23. The zero-order valence-corrected chi connectivity index (χ0v) is 12.6. The van der Waals surface area contributed by atoms with Crippen LogP contribution in [-0.2, 0) is 9.53 Å². The fraction of sp³-hybridized carbons (Fsp3) is 0.769. The van der Waals surface area contributed by atoms with Crippen molar-refractivity contribution in [2.24, 2.45) is 17.8 Å². The molecule has 0 aromatic carbocycles. The second-order valence-electron chi connectivity index (χ2n) is 4.56. The molecular formula is C13H21IO2.